The second kappa shape index (κ2) is 10.9. The number of para-hydroxylation sites is 1. The topological polar surface area (TPSA) is 78.9 Å². The van der Waals surface area contributed by atoms with Gasteiger partial charge in [-0.25, -0.2) is 14.8 Å². The molecule has 0 radical (unpaired) electrons. The predicted octanol–water partition coefficient (Wildman–Crippen LogP) is 7.31. The molecule has 0 N–H and O–H groups in total. The number of methoxy groups -OCH3 is 1. The lowest BCUT2D eigenvalue weighted by atomic mass is 10.2. The Labute approximate surface area is 229 Å². The predicted molar refractivity (Wildman–Crippen MR) is 148 cm³/mol. The molecule has 0 saturated carbocycles. The average molecular weight is 534 g/mol. The van der Waals surface area contributed by atoms with Crippen molar-refractivity contribution in [3.05, 3.63) is 127 Å². The highest BCUT2D eigenvalue weighted by Gasteiger charge is 2.23. The van der Waals surface area contributed by atoms with Crippen molar-refractivity contribution >= 4 is 23.4 Å². The van der Waals surface area contributed by atoms with E-state index < -0.39 is 5.97 Å². The standard InChI is InChI=1S/C31H23N3O4S/c1-36-31(35)24-16-8-9-17-27(24)38-30-25(19-22-13-10-18-37-22)32-28-29(39-23-14-6-3-7-15-23)33-26(20-34(28)30)21-11-4-2-5-12-21/h2-18,20H,19H2,1H3. The number of carbonyl (C=O) groups is 1. The molecule has 3 heterocycles. The number of rotatable bonds is 8. The van der Waals surface area contributed by atoms with Crippen LogP contribution in [0, 0.1) is 0 Å². The Bertz CT molecular complexity index is 1730. The summed E-state index contributed by atoms with van der Waals surface area (Å²) in [6, 6.07) is 30.7. The minimum Gasteiger partial charge on any atom is -0.469 e. The van der Waals surface area contributed by atoms with Gasteiger partial charge in [-0.3, -0.25) is 4.40 Å². The summed E-state index contributed by atoms with van der Waals surface area (Å²) in [5, 5.41) is 0.722. The quantitative estimate of drug-likeness (QED) is 0.190. The molecule has 0 bridgehead atoms. The van der Waals surface area contributed by atoms with E-state index in [1.807, 2.05) is 89.5 Å². The molecule has 6 aromatic rings. The maximum absolute atomic E-state index is 12.5. The number of hydrogen-bond acceptors (Lipinski definition) is 7. The molecule has 0 saturated heterocycles. The first kappa shape index (κ1) is 24.5. The first-order valence-electron chi connectivity index (χ1n) is 12.3. The third kappa shape index (κ3) is 5.15. The Kier molecular flexibility index (Phi) is 6.84. The van der Waals surface area contributed by atoms with Gasteiger partial charge in [-0.1, -0.05) is 72.4 Å². The van der Waals surface area contributed by atoms with Gasteiger partial charge in [0.2, 0.25) is 5.88 Å². The molecule has 0 amide bonds. The Morgan fingerprint density at radius 2 is 1.64 bits per heavy atom. The van der Waals surface area contributed by atoms with Gasteiger partial charge in [-0.15, -0.1) is 0 Å². The number of esters is 1. The highest BCUT2D eigenvalue weighted by atomic mass is 32.2. The molecule has 0 aliphatic heterocycles. The maximum atomic E-state index is 12.5. The molecule has 0 spiro atoms. The van der Waals surface area contributed by atoms with Crippen molar-refractivity contribution in [1.29, 1.82) is 0 Å². The average Bonchev–Trinajstić information content (AvgIpc) is 3.62. The lowest BCUT2D eigenvalue weighted by Crippen LogP contribution is -2.05. The minimum absolute atomic E-state index is 0.315. The molecule has 192 valence electrons. The van der Waals surface area contributed by atoms with Crippen LogP contribution < -0.4 is 4.74 Å². The van der Waals surface area contributed by atoms with Gasteiger partial charge in [0, 0.05) is 16.7 Å². The fourth-order valence-electron chi connectivity index (χ4n) is 4.20. The van der Waals surface area contributed by atoms with Gasteiger partial charge in [0.1, 0.15) is 27.8 Å². The lowest BCUT2D eigenvalue weighted by molar-refractivity contribution is 0.0597. The van der Waals surface area contributed by atoms with Crippen LogP contribution in [0.25, 0.3) is 16.9 Å². The molecule has 0 aliphatic rings. The molecule has 8 heteroatoms. The number of ether oxygens (including phenoxy) is 2. The Hall–Kier alpha value is -4.82. The van der Waals surface area contributed by atoms with Crippen molar-refractivity contribution in [1.82, 2.24) is 14.4 Å². The van der Waals surface area contributed by atoms with Crippen LogP contribution in [-0.4, -0.2) is 27.4 Å². The molecule has 0 atom stereocenters. The van der Waals surface area contributed by atoms with Crippen LogP contribution in [0.2, 0.25) is 0 Å². The highest BCUT2D eigenvalue weighted by Crippen LogP contribution is 2.37. The summed E-state index contributed by atoms with van der Waals surface area (Å²) in [6.07, 6.45) is 3.93. The Morgan fingerprint density at radius 1 is 0.897 bits per heavy atom. The van der Waals surface area contributed by atoms with Crippen LogP contribution in [0.4, 0.5) is 0 Å². The zero-order chi connectivity index (χ0) is 26.6. The number of fused-ring (bicyclic) bond motifs is 1. The molecule has 39 heavy (non-hydrogen) atoms. The monoisotopic (exact) mass is 533 g/mol. The number of furan rings is 1. The minimum atomic E-state index is -0.487. The van der Waals surface area contributed by atoms with Crippen molar-refractivity contribution in [3.8, 4) is 22.9 Å². The van der Waals surface area contributed by atoms with Crippen LogP contribution in [0.3, 0.4) is 0 Å². The van der Waals surface area contributed by atoms with E-state index in [0.717, 1.165) is 26.9 Å². The van der Waals surface area contributed by atoms with E-state index in [1.165, 1.54) is 18.9 Å². The first-order chi connectivity index (χ1) is 19.2. The van der Waals surface area contributed by atoms with Gasteiger partial charge < -0.3 is 13.9 Å². The van der Waals surface area contributed by atoms with Gasteiger partial charge in [-0.05, 0) is 36.4 Å². The summed E-state index contributed by atoms with van der Waals surface area (Å²) in [6.45, 7) is 0. The van der Waals surface area contributed by atoms with E-state index in [9.17, 15) is 4.79 Å². The highest BCUT2D eigenvalue weighted by molar-refractivity contribution is 7.99. The van der Waals surface area contributed by atoms with Gasteiger partial charge in [-0.2, -0.15) is 0 Å². The van der Waals surface area contributed by atoms with Crippen molar-refractivity contribution in [2.45, 2.75) is 16.3 Å². The lowest BCUT2D eigenvalue weighted by Gasteiger charge is -2.12. The largest absolute Gasteiger partial charge is 0.469 e. The summed E-state index contributed by atoms with van der Waals surface area (Å²) in [4.78, 5) is 23.5. The molecule has 0 aliphatic carbocycles. The van der Waals surface area contributed by atoms with Crippen molar-refractivity contribution in [2.75, 3.05) is 7.11 Å². The molecule has 0 fully saturated rings. The molecule has 0 unspecified atom stereocenters. The maximum Gasteiger partial charge on any atom is 0.341 e. The number of nitrogens with zero attached hydrogens (tertiary/aromatic N) is 3. The van der Waals surface area contributed by atoms with Gasteiger partial charge in [0.05, 0.1) is 25.5 Å². The third-order valence-electron chi connectivity index (χ3n) is 6.05. The smallest absolute Gasteiger partial charge is 0.341 e. The first-order valence-corrected chi connectivity index (χ1v) is 13.1. The van der Waals surface area contributed by atoms with Crippen LogP contribution in [-0.2, 0) is 11.2 Å². The number of hydrogen-bond donors (Lipinski definition) is 0. The second-order valence-electron chi connectivity index (χ2n) is 8.62. The summed E-state index contributed by atoms with van der Waals surface area (Å²) < 4.78 is 19.0. The van der Waals surface area contributed by atoms with Crippen LogP contribution >= 0.6 is 11.8 Å². The van der Waals surface area contributed by atoms with E-state index in [0.29, 0.717) is 35.0 Å². The molecule has 6 rings (SSSR count). The molecule has 7 nitrogen and oxygen atoms in total. The molecule has 3 aromatic carbocycles. The Balaban J connectivity index is 1.57. The summed E-state index contributed by atoms with van der Waals surface area (Å²) in [7, 11) is 1.35. The number of aromatic nitrogens is 3. The SMILES string of the molecule is COC(=O)c1ccccc1Oc1c(Cc2ccco2)nc2c(Sc3ccccc3)nc(-c3ccccc3)cn12. The molecule has 3 aromatic heterocycles. The Morgan fingerprint density at radius 3 is 2.38 bits per heavy atom. The fourth-order valence-corrected chi connectivity index (χ4v) is 5.10. The summed E-state index contributed by atoms with van der Waals surface area (Å²) in [5.74, 6) is 1.08. The van der Waals surface area contributed by atoms with Gasteiger partial charge >= 0.3 is 5.97 Å². The summed E-state index contributed by atoms with van der Waals surface area (Å²) in [5.41, 5.74) is 3.31. The van der Waals surface area contributed by atoms with Crippen molar-refractivity contribution in [2.24, 2.45) is 0 Å². The van der Waals surface area contributed by atoms with Crippen molar-refractivity contribution < 1.29 is 18.7 Å². The zero-order valence-corrected chi connectivity index (χ0v) is 21.8. The van der Waals surface area contributed by atoms with Crippen LogP contribution in [0.15, 0.2) is 124 Å². The van der Waals surface area contributed by atoms with E-state index in [-0.39, 0.29) is 0 Å². The van der Waals surface area contributed by atoms with Gasteiger partial charge in [0.15, 0.2) is 5.65 Å². The van der Waals surface area contributed by atoms with Crippen molar-refractivity contribution in [3.63, 3.8) is 0 Å². The number of imidazole rings is 1. The van der Waals surface area contributed by atoms with Crippen LogP contribution in [0.1, 0.15) is 21.8 Å². The molecular weight excluding hydrogens is 510 g/mol. The van der Waals surface area contributed by atoms with E-state index >= 15 is 0 Å². The van der Waals surface area contributed by atoms with E-state index in [4.69, 9.17) is 23.9 Å². The van der Waals surface area contributed by atoms with Gasteiger partial charge in [0.25, 0.3) is 0 Å². The number of carbonyl (C=O) groups excluding carboxylic acids is 1. The fraction of sp³-hybridized carbons (Fsp3) is 0.0645. The normalized spacial score (nSPS) is 11.0. The second-order valence-corrected chi connectivity index (χ2v) is 9.68. The molecular formula is C31H23N3O4S. The van der Waals surface area contributed by atoms with E-state index in [2.05, 4.69) is 0 Å². The van der Waals surface area contributed by atoms with Crippen LogP contribution in [0.5, 0.6) is 11.6 Å². The summed E-state index contributed by atoms with van der Waals surface area (Å²) >= 11 is 1.53. The third-order valence-corrected chi connectivity index (χ3v) is 7.02. The van der Waals surface area contributed by atoms with E-state index in [1.54, 1.807) is 24.5 Å². The number of benzene rings is 3. The zero-order valence-electron chi connectivity index (χ0n) is 21.0.